The number of hydrogen-bond donors (Lipinski definition) is 0. The first-order chi connectivity index (χ1) is 10.3. The zero-order valence-electron chi connectivity index (χ0n) is 12.6. The van der Waals surface area contributed by atoms with Gasteiger partial charge in [0.2, 0.25) is 0 Å². The smallest absolute Gasteiger partial charge is 0.175 e. The van der Waals surface area contributed by atoms with E-state index in [1.54, 1.807) is 4.68 Å². The van der Waals surface area contributed by atoms with E-state index in [1.165, 1.54) is 19.3 Å². The van der Waals surface area contributed by atoms with Crippen LogP contribution in [0.1, 0.15) is 25.0 Å². The van der Waals surface area contributed by atoms with Crippen LogP contribution in [0.5, 0.6) is 0 Å². The highest BCUT2D eigenvalue weighted by molar-refractivity contribution is 7.99. The fraction of sp³-hybridized carbons (Fsp3) is 0.533. The van der Waals surface area contributed by atoms with Gasteiger partial charge < -0.3 is 4.90 Å². The van der Waals surface area contributed by atoms with Gasteiger partial charge in [-0.2, -0.15) is 16.9 Å². The highest BCUT2D eigenvalue weighted by atomic mass is 32.2. The van der Waals surface area contributed by atoms with Crippen LogP contribution in [0.2, 0.25) is 0 Å². The van der Waals surface area contributed by atoms with E-state index in [4.69, 9.17) is 0 Å². The molecule has 1 atom stereocenters. The normalized spacial score (nSPS) is 19.5. The van der Waals surface area contributed by atoms with Crippen molar-refractivity contribution in [2.24, 2.45) is 0 Å². The maximum absolute atomic E-state index is 4.40. The summed E-state index contributed by atoms with van der Waals surface area (Å²) in [6.45, 7) is 4.11. The van der Waals surface area contributed by atoms with Gasteiger partial charge in [-0.25, -0.2) is 4.68 Å². The summed E-state index contributed by atoms with van der Waals surface area (Å²) in [6.07, 6.45) is 7.95. The molecule has 3 rings (SSSR count). The number of nitrogens with zero attached hydrogens (tertiary/aromatic N) is 5. The van der Waals surface area contributed by atoms with E-state index < -0.39 is 0 Å². The van der Waals surface area contributed by atoms with Crippen molar-refractivity contribution in [2.45, 2.75) is 31.4 Å². The predicted molar refractivity (Wildman–Crippen MR) is 87.3 cm³/mol. The van der Waals surface area contributed by atoms with Crippen molar-refractivity contribution >= 4 is 17.6 Å². The van der Waals surface area contributed by atoms with Gasteiger partial charge in [0.05, 0.1) is 5.69 Å². The molecule has 112 valence electrons. The van der Waals surface area contributed by atoms with Crippen LogP contribution >= 0.6 is 11.8 Å². The first-order valence-electron chi connectivity index (χ1n) is 7.40. The average molecular weight is 303 g/mol. The molecule has 0 spiro atoms. The van der Waals surface area contributed by atoms with Crippen molar-refractivity contribution in [3.8, 4) is 5.82 Å². The second-order valence-corrected chi connectivity index (χ2v) is 6.59. The molecule has 0 saturated carbocycles. The minimum atomic E-state index is 0.697. The zero-order valence-corrected chi connectivity index (χ0v) is 13.4. The molecule has 0 bridgehead atoms. The van der Waals surface area contributed by atoms with Crippen molar-refractivity contribution in [2.75, 3.05) is 24.2 Å². The Bertz CT molecular complexity index is 580. The van der Waals surface area contributed by atoms with Gasteiger partial charge in [-0.05, 0) is 44.2 Å². The third-order valence-electron chi connectivity index (χ3n) is 3.88. The minimum absolute atomic E-state index is 0.697. The third kappa shape index (κ3) is 3.37. The standard InChI is InChI=1S/C15H21N5S/c1-12-8-10-20(18-12)15-7-6-14(16-17-15)19-9-4-3-5-13(11-19)21-2/h6-8,10,13H,3-5,9,11H2,1-2H3. The molecule has 1 aliphatic heterocycles. The van der Waals surface area contributed by atoms with Gasteiger partial charge in [0.1, 0.15) is 0 Å². The SMILES string of the molecule is CSC1CCCCN(c2ccc(-n3ccc(C)n3)nn2)C1. The van der Waals surface area contributed by atoms with Crippen LogP contribution in [0.4, 0.5) is 5.82 Å². The Morgan fingerprint density at radius 1 is 1.14 bits per heavy atom. The lowest BCUT2D eigenvalue weighted by Gasteiger charge is -2.24. The number of thioether (sulfide) groups is 1. The Morgan fingerprint density at radius 2 is 1.95 bits per heavy atom. The molecule has 2 aromatic rings. The second-order valence-electron chi connectivity index (χ2n) is 5.45. The maximum atomic E-state index is 4.40. The Morgan fingerprint density at radius 3 is 2.62 bits per heavy atom. The molecule has 2 aromatic heterocycles. The lowest BCUT2D eigenvalue weighted by molar-refractivity contribution is 0.735. The van der Waals surface area contributed by atoms with Crippen molar-refractivity contribution in [3.05, 3.63) is 30.1 Å². The van der Waals surface area contributed by atoms with E-state index in [-0.39, 0.29) is 0 Å². The first-order valence-corrected chi connectivity index (χ1v) is 8.69. The molecule has 0 aromatic carbocycles. The Labute approximate surface area is 129 Å². The van der Waals surface area contributed by atoms with Crippen molar-refractivity contribution < 1.29 is 0 Å². The Balaban J connectivity index is 1.76. The summed E-state index contributed by atoms with van der Waals surface area (Å²) < 4.78 is 1.76. The molecule has 5 nitrogen and oxygen atoms in total. The summed E-state index contributed by atoms with van der Waals surface area (Å²) in [4.78, 5) is 2.36. The lowest BCUT2D eigenvalue weighted by atomic mass is 10.2. The van der Waals surface area contributed by atoms with Crippen LogP contribution in [-0.2, 0) is 0 Å². The van der Waals surface area contributed by atoms with Crippen molar-refractivity contribution in [1.82, 2.24) is 20.0 Å². The predicted octanol–water partition coefficient (Wildman–Crippen LogP) is 2.69. The number of hydrogen-bond acceptors (Lipinski definition) is 5. The van der Waals surface area contributed by atoms with Crippen LogP contribution in [0.3, 0.4) is 0 Å². The summed E-state index contributed by atoms with van der Waals surface area (Å²) in [6, 6.07) is 6.02. The topological polar surface area (TPSA) is 46.8 Å². The van der Waals surface area contributed by atoms with E-state index in [2.05, 4.69) is 32.5 Å². The van der Waals surface area contributed by atoms with E-state index in [9.17, 15) is 0 Å². The summed E-state index contributed by atoms with van der Waals surface area (Å²) in [5.41, 5.74) is 0.983. The number of anilines is 1. The molecule has 1 unspecified atom stereocenters. The van der Waals surface area contributed by atoms with Gasteiger partial charge in [0, 0.05) is 24.5 Å². The van der Waals surface area contributed by atoms with Gasteiger partial charge in [-0.15, -0.1) is 10.2 Å². The molecule has 1 fully saturated rings. The highest BCUT2D eigenvalue weighted by Gasteiger charge is 2.18. The Hall–Kier alpha value is -1.56. The van der Waals surface area contributed by atoms with E-state index in [0.29, 0.717) is 5.25 Å². The van der Waals surface area contributed by atoms with Gasteiger partial charge >= 0.3 is 0 Å². The molecule has 1 aliphatic rings. The maximum Gasteiger partial charge on any atom is 0.175 e. The summed E-state index contributed by atoms with van der Waals surface area (Å²) in [5, 5.41) is 13.8. The summed E-state index contributed by atoms with van der Waals surface area (Å²) in [7, 11) is 0. The fourth-order valence-electron chi connectivity index (χ4n) is 2.66. The second kappa shape index (κ2) is 6.47. The zero-order chi connectivity index (χ0) is 14.7. The van der Waals surface area contributed by atoms with E-state index >= 15 is 0 Å². The summed E-state index contributed by atoms with van der Waals surface area (Å²) >= 11 is 1.96. The molecular formula is C15H21N5S. The van der Waals surface area contributed by atoms with E-state index in [0.717, 1.165) is 30.4 Å². The molecule has 0 aliphatic carbocycles. The fourth-order valence-corrected chi connectivity index (χ4v) is 3.39. The van der Waals surface area contributed by atoms with Gasteiger partial charge in [0.25, 0.3) is 0 Å². The van der Waals surface area contributed by atoms with Crippen LogP contribution < -0.4 is 4.90 Å². The summed E-state index contributed by atoms with van der Waals surface area (Å²) in [5.74, 6) is 1.74. The molecule has 0 amide bonds. The molecular weight excluding hydrogens is 282 g/mol. The van der Waals surface area contributed by atoms with Crippen LogP contribution in [0.25, 0.3) is 5.82 Å². The monoisotopic (exact) mass is 303 g/mol. The average Bonchev–Trinajstić information content (AvgIpc) is 2.81. The van der Waals surface area contributed by atoms with Gasteiger partial charge in [-0.3, -0.25) is 0 Å². The van der Waals surface area contributed by atoms with Crippen molar-refractivity contribution in [1.29, 1.82) is 0 Å². The van der Waals surface area contributed by atoms with E-state index in [1.807, 2.05) is 37.0 Å². The molecule has 1 saturated heterocycles. The van der Waals surface area contributed by atoms with Crippen LogP contribution in [0, 0.1) is 6.92 Å². The minimum Gasteiger partial charge on any atom is -0.354 e. The van der Waals surface area contributed by atoms with Crippen LogP contribution in [-0.4, -0.2) is 44.6 Å². The number of aromatic nitrogens is 4. The molecule has 3 heterocycles. The van der Waals surface area contributed by atoms with Crippen LogP contribution in [0.15, 0.2) is 24.4 Å². The molecule has 21 heavy (non-hydrogen) atoms. The van der Waals surface area contributed by atoms with Crippen molar-refractivity contribution in [3.63, 3.8) is 0 Å². The molecule has 0 N–H and O–H groups in total. The lowest BCUT2D eigenvalue weighted by Crippen LogP contribution is -2.30. The third-order valence-corrected chi connectivity index (χ3v) is 4.93. The highest BCUT2D eigenvalue weighted by Crippen LogP contribution is 2.23. The number of rotatable bonds is 3. The Kier molecular flexibility index (Phi) is 4.43. The first kappa shape index (κ1) is 14.4. The molecule has 0 radical (unpaired) electrons. The number of aryl methyl sites for hydroxylation is 1. The van der Waals surface area contributed by atoms with Gasteiger partial charge in [0.15, 0.2) is 11.6 Å². The quantitative estimate of drug-likeness (QED) is 0.872. The largest absolute Gasteiger partial charge is 0.354 e. The molecule has 6 heteroatoms. The van der Waals surface area contributed by atoms with Gasteiger partial charge in [-0.1, -0.05) is 6.42 Å².